The summed E-state index contributed by atoms with van der Waals surface area (Å²) in [5, 5.41) is 1.28. The van der Waals surface area contributed by atoms with Crippen molar-refractivity contribution in [3.05, 3.63) is 57.3 Å². The van der Waals surface area contributed by atoms with Crippen LogP contribution in [0.2, 0.25) is 5.02 Å². The molecule has 3 rings (SSSR count). The molecule has 0 aliphatic rings. The Labute approximate surface area is 137 Å². The summed E-state index contributed by atoms with van der Waals surface area (Å²) in [5.74, 6) is 1.50. The molecule has 0 fully saturated rings. The topological polar surface area (TPSA) is 45.8 Å². The molecule has 3 aromatic rings. The number of thioether (sulfide) groups is 1. The molecule has 1 aromatic heterocycles. The first kappa shape index (κ1) is 15.1. The Kier molecular flexibility index (Phi) is 4.23. The summed E-state index contributed by atoms with van der Waals surface area (Å²) in [6.45, 7) is 4.07. The molecular formula is C17H15ClN2OS. The third-order valence-electron chi connectivity index (χ3n) is 3.36. The van der Waals surface area contributed by atoms with E-state index < -0.39 is 0 Å². The highest BCUT2D eigenvalue weighted by Crippen LogP contribution is 2.32. The van der Waals surface area contributed by atoms with E-state index >= 15 is 0 Å². The van der Waals surface area contributed by atoms with Gasteiger partial charge in [-0.05, 0) is 48.6 Å². The summed E-state index contributed by atoms with van der Waals surface area (Å²) in [6, 6.07) is 11.3. The van der Waals surface area contributed by atoms with Crippen LogP contribution in [0.3, 0.4) is 0 Å². The number of halogens is 1. The van der Waals surface area contributed by atoms with Gasteiger partial charge in [-0.3, -0.25) is 4.79 Å². The molecule has 0 aliphatic carbocycles. The number of aryl methyl sites for hydroxylation is 1. The quantitative estimate of drug-likeness (QED) is 0.710. The Balaban J connectivity index is 2.24. The molecule has 3 nitrogen and oxygen atoms in total. The number of fused-ring (bicyclic) bond motifs is 1. The van der Waals surface area contributed by atoms with Crippen LogP contribution in [-0.4, -0.2) is 15.7 Å². The van der Waals surface area contributed by atoms with E-state index in [0.717, 1.165) is 21.8 Å². The molecule has 0 amide bonds. The van der Waals surface area contributed by atoms with Crippen LogP contribution in [-0.2, 0) is 0 Å². The third kappa shape index (κ3) is 2.89. The molecular weight excluding hydrogens is 316 g/mol. The van der Waals surface area contributed by atoms with Gasteiger partial charge in [-0.1, -0.05) is 24.6 Å². The molecule has 2 aromatic carbocycles. The molecule has 0 radical (unpaired) electrons. The first-order valence-electron chi connectivity index (χ1n) is 7.02. The fourth-order valence-electron chi connectivity index (χ4n) is 2.34. The van der Waals surface area contributed by atoms with Gasteiger partial charge in [-0.15, -0.1) is 11.8 Å². The van der Waals surface area contributed by atoms with Gasteiger partial charge in [0.25, 0.3) is 5.56 Å². The summed E-state index contributed by atoms with van der Waals surface area (Å²) in [6.07, 6.45) is 0. The van der Waals surface area contributed by atoms with Crippen LogP contribution in [0.25, 0.3) is 22.3 Å². The molecule has 0 spiro atoms. The number of rotatable bonds is 3. The van der Waals surface area contributed by atoms with Crippen molar-refractivity contribution in [2.75, 3.05) is 5.75 Å². The highest BCUT2D eigenvalue weighted by molar-refractivity contribution is 7.99. The van der Waals surface area contributed by atoms with Crippen molar-refractivity contribution in [3.8, 4) is 11.4 Å². The second kappa shape index (κ2) is 6.15. The largest absolute Gasteiger partial charge is 0.306 e. The SMILES string of the molecule is CCSc1cc(Cl)ccc1-c1nc2cc(C)ccc2c(=O)[nH]1. The fourth-order valence-corrected chi connectivity index (χ4v) is 3.42. The Morgan fingerprint density at radius 2 is 2.05 bits per heavy atom. The van der Waals surface area contributed by atoms with Gasteiger partial charge in [0, 0.05) is 15.5 Å². The Hall–Kier alpha value is -1.78. The third-order valence-corrected chi connectivity index (χ3v) is 4.53. The van der Waals surface area contributed by atoms with Crippen LogP contribution in [0, 0.1) is 6.92 Å². The lowest BCUT2D eigenvalue weighted by Gasteiger charge is -2.09. The van der Waals surface area contributed by atoms with Crippen LogP contribution in [0.4, 0.5) is 0 Å². The standard InChI is InChI=1S/C17H15ClN2OS/c1-3-22-15-9-11(18)5-7-13(15)16-19-14-8-10(2)4-6-12(14)17(21)20-16/h4-9H,3H2,1-2H3,(H,19,20,21). The molecule has 0 bridgehead atoms. The lowest BCUT2D eigenvalue weighted by Crippen LogP contribution is -2.10. The van der Waals surface area contributed by atoms with E-state index in [9.17, 15) is 4.79 Å². The predicted molar refractivity (Wildman–Crippen MR) is 93.9 cm³/mol. The Bertz CT molecular complexity index is 905. The molecule has 5 heteroatoms. The predicted octanol–water partition coefficient (Wildman–Crippen LogP) is 4.66. The zero-order valence-electron chi connectivity index (χ0n) is 12.3. The monoisotopic (exact) mass is 330 g/mol. The summed E-state index contributed by atoms with van der Waals surface area (Å²) in [5.41, 5.74) is 2.57. The first-order valence-corrected chi connectivity index (χ1v) is 8.38. The molecule has 0 unspecified atom stereocenters. The average molecular weight is 331 g/mol. The minimum Gasteiger partial charge on any atom is -0.306 e. The number of hydrogen-bond acceptors (Lipinski definition) is 3. The number of aromatic nitrogens is 2. The number of H-pyrrole nitrogens is 1. The van der Waals surface area contributed by atoms with Crippen LogP contribution in [0.15, 0.2) is 46.1 Å². The van der Waals surface area contributed by atoms with Gasteiger partial charge in [-0.2, -0.15) is 0 Å². The van der Waals surface area contributed by atoms with E-state index in [4.69, 9.17) is 11.6 Å². The van der Waals surface area contributed by atoms with Crippen molar-refractivity contribution in [3.63, 3.8) is 0 Å². The summed E-state index contributed by atoms with van der Waals surface area (Å²) < 4.78 is 0. The lowest BCUT2D eigenvalue weighted by atomic mass is 10.1. The van der Waals surface area contributed by atoms with Gasteiger partial charge < -0.3 is 4.98 Å². The first-order chi connectivity index (χ1) is 10.6. The summed E-state index contributed by atoms with van der Waals surface area (Å²) >= 11 is 7.76. The number of nitrogens with one attached hydrogen (secondary N) is 1. The number of benzene rings is 2. The van der Waals surface area contributed by atoms with E-state index in [-0.39, 0.29) is 5.56 Å². The fraction of sp³-hybridized carbons (Fsp3) is 0.176. The highest BCUT2D eigenvalue weighted by Gasteiger charge is 2.11. The summed E-state index contributed by atoms with van der Waals surface area (Å²) in [4.78, 5) is 20.8. The number of aromatic amines is 1. The maximum atomic E-state index is 12.3. The zero-order chi connectivity index (χ0) is 15.7. The van der Waals surface area contributed by atoms with Crippen LogP contribution >= 0.6 is 23.4 Å². The van der Waals surface area contributed by atoms with Crippen molar-refractivity contribution in [2.45, 2.75) is 18.7 Å². The second-order valence-corrected chi connectivity index (χ2v) is 6.75. The van der Waals surface area contributed by atoms with Crippen molar-refractivity contribution >= 4 is 34.3 Å². The van der Waals surface area contributed by atoms with E-state index in [1.165, 1.54) is 0 Å². The molecule has 22 heavy (non-hydrogen) atoms. The van der Waals surface area contributed by atoms with Crippen molar-refractivity contribution in [2.24, 2.45) is 0 Å². The molecule has 0 saturated heterocycles. The van der Waals surface area contributed by atoms with E-state index in [1.54, 1.807) is 11.8 Å². The maximum Gasteiger partial charge on any atom is 0.259 e. The summed E-state index contributed by atoms with van der Waals surface area (Å²) in [7, 11) is 0. The minimum atomic E-state index is -0.123. The molecule has 112 valence electrons. The zero-order valence-corrected chi connectivity index (χ0v) is 13.9. The Morgan fingerprint density at radius 1 is 1.23 bits per heavy atom. The van der Waals surface area contributed by atoms with Gasteiger partial charge in [-0.25, -0.2) is 4.98 Å². The van der Waals surface area contributed by atoms with Gasteiger partial charge in [0.15, 0.2) is 0 Å². The van der Waals surface area contributed by atoms with Crippen LogP contribution in [0.5, 0.6) is 0 Å². The number of hydrogen-bond donors (Lipinski definition) is 1. The average Bonchev–Trinajstić information content (AvgIpc) is 2.47. The highest BCUT2D eigenvalue weighted by atomic mass is 35.5. The van der Waals surface area contributed by atoms with Crippen molar-refractivity contribution in [1.82, 2.24) is 9.97 Å². The van der Waals surface area contributed by atoms with E-state index in [2.05, 4.69) is 16.9 Å². The minimum absolute atomic E-state index is 0.123. The molecule has 0 atom stereocenters. The van der Waals surface area contributed by atoms with Crippen molar-refractivity contribution in [1.29, 1.82) is 0 Å². The maximum absolute atomic E-state index is 12.3. The number of nitrogens with zero attached hydrogens (tertiary/aromatic N) is 1. The van der Waals surface area contributed by atoms with E-state index in [0.29, 0.717) is 21.7 Å². The molecule has 1 heterocycles. The molecule has 0 saturated carbocycles. The van der Waals surface area contributed by atoms with Crippen molar-refractivity contribution < 1.29 is 0 Å². The smallest absolute Gasteiger partial charge is 0.259 e. The van der Waals surface area contributed by atoms with Gasteiger partial charge in [0.05, 0.1) is 10.9 Å². The van der Waals surface area contributed by atoms with E-state index in [1.807, 2.05) is 43.3 Å². The van der Waals surface area contributed by atoms with Gasteiger partial charge >= 0.3 is 0 Å². The van der Waals surface area contributed by atoms with Gasteiger partial charge in [0.2, 0.25) is 0 Å². The molecule has 0 aliphatic heterocycles. The molecule has 1 N–H and O–H groups in total. The van der Waals surface area contributed by atoms with Crippen LogP contribution < -0.4 is 5.56 Å². The van der Waals surface area contributed by atoms with Gasteiger partial charge in [0.1, 0.15) is 5.82 Å². The lowest BCUT2D eigenvalue weighted by molar-refractivity contribution is 1.16. The van der Waals surface area contributed by atoms with Crippen LogP contribution in [0.1, 0.15) is 12.5 Å². The second-order valence-electron chi connectivity index (χ2n) is 5.01. The normalized spacial score (nSPS) is 11.0. The Morgan fingerprint density at radius 3 is 2.82 bits per heavy atom.